The van der Waals surface area contributed by atoms with Crippen molar-refractivity contribution in [1.29, 1.82) is 0 Å². The van der Waals surface area contributed by atoms with E-state index in [1.54, 1.807) is 18.5 Å². The Morgan fingerprint density at radius 2 is 2.00 bits per heavy atom. The molecule has 2 N–H and O–H groups in total. The second kappa shape index (κ2) is 8.16. The Balaban J connectivity index is 1.46. The summed E-state index contributed by atoms with van der Waals surface area (Å²) in [4.78, 5) is 13.9. The molecule has 2 aromatic rings. The van der Waals surface area contributed by atoms with Crippen LogP contribution >= 0.6 is 0 Å². The molecule has 0 bridgehead atoms. The monoisotopic (exact) mass is 429 g/mol. The van der Waals surface area contributed by atoms with Gasteiger partial charge >= 0.3 is 6.61 Å². The maximum atomic E-state index is 12.4. The van der Waals surface area contributed by atoms with Gasteiger partial charge < -0.3 is 19.9 Å². The first-order chi connectivity index (χ1) is 15.1. The van der Waals surface area contributed by atoms with Gasteiger partial charge in [0.15, 0.2) is 5.82 Å². The first kappa shape index (κ1) is 19.8. The molecule has 1 aliphatic carbocycles. The minimum Gasteiger partial charge on any atom is -0.435 e. The number of alkyl halides is 2. The zero-order valence-corrected chi connectivity index (χ0v) is 17.2. The third-order valence-electron chi connectivity index (χ3n) is 6.16. The van der Waals surface area contributed by atoms with Crippen molar-refractivity contribution in [1.82, 2.24) is 15.4 Å². The molecule has 1 saturated carbocycles. The lowest BCUT2D eigenvalue weighted by Gasteiger charge is -2.47. The van der Waals surface area contributed by atoms with Crippen LogP contribution in [-0.4, -0.2) is 41.2 Å². The molecule has 3 aliphatic rings. The van der Waals surface area contributed by atoms with Crippen LogP contribution < -0.4 is 25.3 Å². The van der Waals surface area contributed by atoms with Gasteiger partial charge in [-0.1, -0.05) is 19.8 Å². The number of rotatable bonds is 6. The Bertz CT molecular complexity index is 949. The predicted octanol–water partition coefficient (Wildman–Crippen LogP) is 4.04. The van der Waals surface area contributed by atoms with E-state index in [4.69, 9.17) is 4.98 Å². The maximum Gasteiger partial charge on any atom is 0.387 e. The Morgan fingerprint density at radius 1 is 1.23 bits per heavy atom. The Hall–Kier alpha value is -3.17. The van der Waals surface area contributed by atoms with E-state index in [9.17, 15) is 8.78 Å². The SMILES string of the molecule is CC[C@@H]1C2NN=CN2c2cnc(Nc3ccc(OC(F)F)cc3)nc2N1C1CCCC1. The number of halogens is 2. The van der Waals surface area contributed by atoms with Crippen LogP contribution in [0.3, 0.4) is 0 Å². The number of aromatic nitrogens is 2. The number of anilines is 4. The summed E-state index contributed by atoms with van der Waals surface area (Å²) in [6.07, 6.45) is 9.43. The molecule has 5 rings (SSSR count). The molecule has 0 saturated heterocycles. The van der Waals surface area contributed by atoms with E-state index in [2.05, 4.69) is 42.3 Å². The van der Waals surface area contributed by atoms with Crippen LogP contribution in [0.1, 0.15) is 39.0 Å². The molecular formula is C21H25F2N7O. The fraction of sp³-hybridized carbons (Fsp3) is 0.476. The number of nitrogens with one attached hydrogen (secondary N) is 2. The van der Waals surface area contributed by atoms with Gasteiger partial charge in [-0.25, -0.2) is 4.98 Å². The molecule has 1 fully saturated rings. The fourth-order valence-corrected chi connectivity index (χ4v) is 4.79. The number of ether oxygens (including phenoxy) is 1. The molecule has 31 heavy (non-hydrogen) atoms. The van der Waals surface area contributed by atoms with E-state index in [0.717, 1.165) is 30.8 Å². The molecule has 164 valence electrons. The summed E-state index contributed by atoms with van der Waals surface area (Å²) in [5.41, 5.74) is 4.87. The van der Waals surface area contributed by atoms with Gasteiger partial charge in [0.1, 0.15) is 23.9 Å². The smallest absolute Gasteiger partial charge is 0.387 e. The van der Waals surface area contributed by atoms with Crippen molar-refractivity contribution in [3.8, 4) is 5.75 Å². The summed E-state index contributed by atoms with van der Waals surface area (Å²) in [5, 5.41) is 7.47. The lowest BCUT2D eigenvalue weighted by molar-refractivity contribution is -0.0498. The first-order valence-electron chi connectivity index (χ1n) is 10.7. The highest BCUT2D eigenvalue weighted by molar-refractivity contribution is 5.89. The highest BCUT2D eigenvalue weighted by Gasteiger charge is 2.44. The second-order valence-electron chi connectivity index (χ2n) is 7.98. The minimum atomic E-state index is -2.84. The van der Waals surface area contributed by atoms with Crippen molar-refractivity contribution in [3.05, 3.63) is 30.5 Å². The normalized spacial score (nSPS) is 22.5. The number of benzene rings is 1. The van der Waals surface area contributed by atoms with E-state index in [0.29, 0.717) is 17.7 Å². The van der Waals surface area contributed by atoms with Gasteiger partial charge in [0, 0.05) is 11.7 Å². The summed E-state index contributed by atoms with van der Waals surface area (Å²) >= 11 is 0. The zero-order chi connectivity index (χ0) is 21.4. The molecule has 8 nitrogen and oxygen atoms in total. The molecule has 10 heteroatoms. The summed E-state index contributed by atoms with van der Waals surface area (Å²) in [7, 11) is 0. The molecule has 2 aliphatic heterocycles. The standard InChI is InChI=1S/C21H25F2N7O/c1-2-16-19-28-25-12-29(19)17-11-24-21(27-18(17)30(16)14-5-3-4-6-14)26-13-7-9-15(10-8-13)31-20(22)23/h7-12,14,16,19-20,28H,2-6H2,1H3,(H,24,26,27)/t16-,19?/m1/s1. The van der Waals surface area contributed by atoms with Crippen molar-refractivity contribution in [2.24, 2.45) is 5.10 Å². The van der Waals surface area contributed by atoms with Crippen LogP contribution in [0.5, 0.6) is 5.75 Å². The Labute approximate surface area is 179 Å². The highest BCUT2D eigenvalue weighted by atomic mass is 19.3. The Morgan fingerprint density at radius 3 is 2.71 bits per heavy atom. The average Bonchev–Trinajstić information content (AvgIpc) is 3.46. The van der Waals surface area contributed by atoms with Crippen molar-refractivity contribution < 1.29 is 13.5 Å². The van der Waals surface area contributed by atoms with Gasteiger partial charge in [-0.15, -0.1) is 0 Å². The predicted molar refractivity (Wildman–Crippen MR) is 115 cm³/mol. The number of nitrogens with zero attached hydrogens (tertiary/aromatic N) is 5. The molecule has 0 amide bonds. The maximum absolute atomic E-state index is 12.4. The van der Waals surface area contributed by atoms with Crippen molar-refractivity contribution in [3.63, 3.8) is 0 Å². The Kier molecular flexibility index (Phi) is 5.21. The quantitative estimate of drug-likeness (QED) is 0.718. The van der Waals surface area contributed by atoms with Crippen LogP contribution in [0, 0.1) is 0 Å². The number of hydrazone groups is 1. The van der Waals surface area contributed by atoms with E-state index >= 15 is 0 Å². The molecule has 0 radical (unpaired) electrons. The van der Waals surface area contributed by atoms with Crippen molar-refractivity contribution >= 4 is 29.5 Å². The molecule has 3 heterocycles. The van der Waals surface area contributed by atoms with Crippen LogP contribution in [0.2, 0.25) is 0 Å². The molecule has 1 aromatic carbocycles. The van der Waals surface area contributed by atoms with Crippen LogP contribution in [0.4, 0.5) is 31.9 Å². The van der Waals surface area contributed by atoms with E-state index in [1.807, 2.05) is 6.20 Å². The second-order valence-corrected chi connectivity index (χ2v) is 7.98. The van der Waals surface area contributed by atoms with Gasteiger partial charge in [-0.2, -0.15) is 18.9 Å². The topological polar surface area (TPSA) is 77.9 Å². The zero-order valence-electron chi connectivity index (χ0n) is 17.2. The lowest BCUT2D eigenvalue weighted by atomic mass is 10.0. The van der Waals surface area contributed by atoms with Crippen molar-refractivity contribution in [2.75, 3.05) is 15.1 Å². The van der Waals surface area contributed by atoms with Gasteiger partial charge in [0.2, 0.25) is 5.95 Å². The number of hydrogen-bond donors (Lipinski definition) is 2. The fourth-order valence-electron chi connectivity index (χ4n) is 4.79. The number of hydrogen-bond acceptors (Lipinski definition) is 8. The molecule has 1 aromatic heterocycles. The molecule has 0 spiro atoms. The molecular weight excluding hydrogens is 404 g/mol. The van der Waals surface area contributed by atoms with Crippen LogP contribution in [-0.2, 0) is 0 Å². The summed E-state index contributed by atoms with van der Waals surface area (Å²) < 4.78 is 29.1. The summed E-state index contributed by atoms with van der Waals surface area (Å²) in [6, 6.07) is 6.99. The van der Waals surface area contributed by atoms with E-state index in [-0.39, 0.29) is 18.0 Å². The van der Waals surface area contributed by atoms with Crippen LogP contribution in [0.15, 0.2) is 35.6 Å². The van der Waals surface area contributed by atoms with E-state index in [1.165, 1.54) is 25.0 Å². The van der Waals surface area contributed by atoms with Gasteiger partial charge in [-0.3, -0.25) is 5.43 Å². The van der Waals surface area contributed by atoms with Gasteiger partial charge in [0.25, 0.3) is 0 Å². The third-order valence-corrected chi connectivity index (χ3v) is 6.16. The molecule has 2 atom stereocenters. The third kappa shape index (κ3) is 3.70. The summed E-state index contributed by atoms with van der Waals surface area (Å²) in [6.45, 7) is -0.651. The first-order valence-corrected chi connectivity index (χ1v) is 10.7. The van der Waals surface area contributed by atoms with Gasteiger partial charge in [-0.05, 0) is 43.5 Å². The largest absolute Gasteiger partial charge is 0.435 e. The lowest BCUT2D eigenvalue weighted by Crippen LogP contribution is -2.60. The minimum absolute atomic E-state index is 0.0721. The van der Waals surface area contributed by atoms with E-state index < -0.39 is 6.61 Å². The van der Waals surface area contributed by atoms with Crippen LogP contribution in [0.25, 0.3) is 0 Å². The van der Waals surface area contributed by atoms with Gasteiger partial charge in [0.05, 0.1) is 12.2 Å². The number of fused-ring (bicyclic) bond motifs is 3. The highest BCUT2D eigenvalue weighted by Crippen LogP contribution is 2.42. The molecule has 1 unspecified atom stereocenters. The summed E-state index contributed by atoms with van der Waals surface area (Å²) in [5.74, 6) is 1.47. The average molecular weight is 429 g/mol. The van der Waals surface area contributed by atoms with Crippen molar-refractivity contribution in [2.45, 2.75) is 63.9 Å².